The highest BCUT2D eigenvalue weighted by Gasteiger charge is 2.20. The van der Waals surface area contributed by atoms with E-state index >= 15 is 0 Å². The molecule has 1 fully saturated rings. The summed E-state index contributed by atoms with van der Waals surface area (Å²) in [5, 5.41) is 8.63. The van der Waals surface area contributed by atoms with Crippen molar-refractivity contribution in [2.75, 3.05) is 18.0 Å². The van der Waals surface area contributed by atoms with Crippen LogP contribution < -0.4 is 15.4 Å². The van der Waals surface area contributed by atoms with Gasteiger partial charge in [0, 0.05) is 31.4 Å². The summed E-state index contributed by atoms with van der Waals surface area (Å²) in [4.78, 5) is 2.43. The van der Waals surface area contributed by atoms with Crippen LogP contribution in [0.15, 0.2) is 47.4 Å². The van der Waals surface area contributed by atoms with E-state index in [0.717, 1.165) is 42.7 Å². The molecule has 7 heteroatoms. The minimum absolute atomic E-state index is 0.129. The predicted molar refractivity (Wildman–Crippen MR) is 101 cm³/mol. The molecule has 0 amide bonds. The number of nitrogens with two attached hydrogens (primary N) is 1. The topological polar surface area (TPSA) is 75.4 Å². The molecule has 1 heterocycles. The zero-order chi connectivity index (χ0) is 18.7. The summed E-state index contributed by atoms with van der Waals surface area (Å²) >= 11 is 0. The summed E-state index contributed by atoms with van der Waals surface area (Å²) in [6.07, 6.45) is 2.01. The Balaban J connectivity index is 1.51. The Hall–Kier alpha value is -1.96. The van der Waals surface area contributed by atoms with Crippen LogP contribution in [0, 0.1) is 12.7 Å². The highest BCUT2D eigenvalue weighted by molar-refractivity contribution is 7.89. The van der Waals surface area contributed by atoms with Crippen LogP contribution in [0.1, 0.15) is 24.0 Å². The van der Waals surface area contributed by atoms with E-state index in [1.807, 2.05) is 13.0 Å². The first-order chi connectivity index (χ1) is 12.3. The van der Waals surface area contributed by atoms with Crippen LogP contribution in [0.25, 0.3) is 0 Å². The van der Waals surface area contributed by atoms with Crippen LogP contribution >= 0.6 is 0 Å². The SMILES string of the molecule is Cc1cc(F)ccc1N1CCC(NCc2ccc(S(N)(=O)=O)cc2)CC1. The number of primary sulfonamides is 1. The van der Waals surface area contributed by atoms with Gasteiger partial charge in [-0.2, -0.15) is 0 Å². The highest BCUT2D eigenvalue weighted by Crippen LogP contribution is 2.24. The van der Waals surface area contributed by atoms with Crippen LogP contribution in [0.5, 0.6) is 0 Å². The van der Waals surface area contributed by atoms with Gasteiger partial charge in [-0.1, -0.05) is 12.1 Å². The molecule has 0 aromatic heterocycles. The monoisotopic (exact) mass is 377 g/mol. The van der Waals surface area contributed by atoms with Crippen molar-refractivity contribution in [3.8, 4) is 0 Å². The first-order valence-corrected chi connectivity index (χ1v) is 10.2. The molecular formula is C19H24FN3O2S. The van der Waals surface area contributed by atoms with Crippen molar-refractivity contribution in [3.63, 3.8) is 0 Å². The molecule has 0 aliphatic carbocycles. The van der Waals surface area contributed by atoms with Crippen molar-refractivity contribution in [3.05, 3.63) is 59.4 Å². The lowest BCUT2D eigenvalue weighted by Crippen LogP contribution is -2.42. The molecule has 26 heavy (non-hydrogen) atoms. The van der Waals surface area contributed by atoms with Gasteiger partial charge >= 0.3 is 0 Å². The second kappa shape index (κ2) is 7.73. The molecule has 0 bridgehead atoms. The first kappa shape index (κ1) is 18.8. The van der Waals surface area contributed by atoms with E-state index < -0.39 is 10.0 Å². The van der Waals surface area contributed by atoms with Gasteiger partial charge in [0.1, 0.15) is 5.82 Å². The molecule has 1 saturated heterocycles. The van der Waals surface area contributed by atoms with E-state index in [-0.39, 0.29) is 10.7 Å². The van der Waals surface area contributed by atoms with Crippen LogP contribution in [0.2, 0.25) is 0 Å². The van der Waals surface area contributed by atoms with Gasteiger partial charge in [-0.05, 0) is 61.2 Å². The molecule has 5 nitrogen and oxygen atoms in total. The van der Waals surface area contributed by atoms with Gasteiger partial charge in [0.15, 0.2) is 0 Å². The lowest BCUT2D eigenvalue weighted by atomic mass is 10.0. The van der Waals surface area contributed by atoms with E-state index in [0.29, 0.717) is 12.6 Å². The maximum atomic E-state index is 13.3. The van der Waals surface area contributed by atoms with E-state index in [2.05, 4.69) is 10.2 Å². The molecule has 0 spiro atoms. The molecule has 0 unspecified atom stereocenters. The van der Waals surface area contributed by atoms with Gasteiger partial charge in [-0.3, -0.25) is 0 Å². The average molecular weight is 377 g/mol. The number of nitrogens with zero attached hydrogens (tertiary/aromatic N) is 1. The molecule has 3 rings (SSSR count). The largest absolute Gasteiger partial charge is 0.371 e. The van der Waals surface area contributed by atoms with E-state index in [1.165, 1.54) is 18.2 Å². The summed E-state index contributed by atoms with van der Waals surface area (Å²) in [6.45, 7) is 4.47. The number of benzene rings is 2. The Morgan fingerprint density at radius 2 is 1.81 bits per heavy atom. The van der Waals surface area contributed by atoms with Crippen molar-refractivity contribution in [2.45, 2.75) is 37.2 Å². The lowest BCUT2D eigenvalue weighted by Gasteiger charge is -2.35. The fourth-order valence-corrected chi connectivity index (χ4v) is 3.87. The van der Waals surface area contributed by atoms with Crippen LogP contribution in [-0.2, 0) is 16.6 Å². The highest BCUT2D eigenvalue weighted by atomic mass is 32.2. The predicted octanol–water partition coefficient (Wildman–Crippen LogP) is 2.54. The standard InChI is InChI=1S/C19H24FN3O2S/c1-14-12-16(20)4-7-19(14)23-10-8-17(9-11-23)22-13-15-2-5-18(6-3-15)26(21,24)25/h2-7,12,17,22H,8-11,13H2,1H3,(H2,21,24,25). The second-order valence-electron chi connectivity index (χ2n) is 6.76. The van der Waals surface area contributed by atoms with Gasteiger partial charge in [0.25, 0.3) is 0 Å². The number of sulfonamides is 1. The third-order valence-electron chi connectivity index (χ3n) is 4.84. The lowest BCUT2D eigenvalue weighted by molar-refractivity contribution is 0.413. The molecule has 1 aliphatic heterocycles. The molecule has 2 aromatic carbocycles. The quantitative estimate of drug-likeness (QED) is 0.840. The van der Waals surface area contributed by atoms with Crippen molar-refractivity contribution >= 4 is 15.7 Å². The molecule has 140 valence electrons. The summed E-state index contributed by atoms with van der Waals surface area (Å²) in [5.41, 5.74) is 3.09. The molecule has 3 N–H and O–H groups in total. The zero-order valence-corrected chi connectivity index (χ0v) is 15.6. The molecular weight excluding hydrogens is 353 g/mol. The van der Waals surface area contributed by atoms with Gasteiger partial charge in [0.2, 0.25) is 10.0 Å². The minimum atomic E-state index is -3.64. The maximum absolute atomic E-state index is 13.3. The van der Waals surface area contributed by atoms with Gasteiger partial charge in [-0.15, -0.1) is 0 Å². The normalized spacial score (nSPS) is 16.0. The van der Waals surface area contributed by atoms with Crippen molar-refractivity contribution in [1.29, 1.82) is 0 Å². The molecule has 1 aliphatic rings. The maximum Gasteiger partial charge on any atom is 0.238 e. The van der Waals surface area contributed by atoms with Gasteiger partial charge in [-0.25, -0.2) is 17.9 Å². The Morgan fingerprint density at radius 1 is 1.15 bits per heavy atom. The summed E-state index contributed by atoms with van der Waals surface area (Å²) < 4.78 is 35.8. The molecule has 0 atom stereocenters. The van der Waals surface area contributed by atoms with Crippen LogP contribution in [-0.4, -0.2) is 27.5 Å². The van der Waals surface area contributed by atoms with Crippen molar-refractivity contribution in [2.24, 2.45) is 5.14 Å². The zero-order valence-electron chi connectivity index (χ0n) is 14.8. The van der Waals surface area contributed by atoms with E-state index in [9.17, 15) is 12.8 Å². The van der Waals surface area contributed by atoms with Crippen molar-refractivity contribution < 1.29 is 12.8 Å². The summed E-state index contributed by atoms with van der Waals surface area (Å²) in [6, 6.07) is 12.0. The van der Waals surface area contributed by atoms with E-state index in [4.69, 9.17) is 5.14 Å². The number of piperidine rings is 1. The third kappa shape index (κ3) is 4.60. The number of aryl methyl sites for hydroxylation is 1. The third-order valence-corrected chi connectivity index (χ3v) is 5.77. The number of anilines is 1. The number of nitrogens with one attached hydrogen (secondary N) is 1. The van der Waals surface area contributed by atoms with Gasteiger partial charge < -0.3 is 10.2 Å². The minimum Gasteiger partial charge on any atom is -0.371 e. The number of halogens is 1. The number of hydrogen-bond donors (Lipinski definition) is 2. The second-order valence-corrected chi connectivity index (χ2v) is 8.32. The van der Waals surface area contributed by atoms with Crippen LogP contribution in [0.4, 0.5) is 10.1 Å². The Morgan fingerprint density at radius 3 is 2.38 bits per heavy atom. The number of rotatable bonds is 5. The Labute approximate surface area is 154 Å². The van der Waals surface area contributed by atoms with Crippen molar-refractivity contribution in [1.82, 2.24) is 5.32 Å². The van der Waals surface area contributed by atoms with E-state index in [1.54, 1.807) is 18.2 Å². The molecule has 0 radical (unpaired) electrons. The first-order valence-electron chi connectivity index (χ1n) is 8.69. The fourth-order valence-electron chi connectivity index (χ4n) is 3.36. The summed E-state index contributed by atoms with van der Waals surface area (Å²) in [7, 11) is -3.64. The Kier molecular flexibility index (Phi) is 5.60. The molecule has 2 aromatic rings. The Bertz CT molecular complexity index is 861. The fraction of sp³-hybridized carbons (Fsp3) is 0.368. The van der Waals surface area contributed by atoms with Gasteiger partial charge in [0.05, 0.1) is 4.90 Å². The smallest absolute Gasteiger partial charge is 0.238 e. The average Bonchev–Trinajstić information content (AvgIpc) is 2.60. The van der Waals surface area contributed by atoms with Crippen LogP contribution in [0.3, 0.4) is 0 Å². The molecule has 0 saturated carbocycles. The summed E-state index contributed by atoms with van der Waals surface area (Å²) in [5.74, 6) is -0.198. The number of hydrogen-bond acceptors (Lipinski definition) is 4.